The van der Waals surface area contributed by atoms with Crippen LogP contribution in [0.4, 0.5) is 4.79 Å². The van der Waals surface area contributed by atoms with Gasteiger partial charge in [-0.1, -0.05) is 6.07 Å². The molecular weight excluding hydrogens is 260 g/mol. The molecule has 1 unspecified atom stereocenters. The normalized spacial score (nSPS) is 17.0. The van der Waals surface area contributed by atoms with Crippen LogP contribution in [0.5, 0.6) is 0 Å². The summed E-state index contributed by atoms with van der Waals surface area (Å²) in [5, 5.41) is 18.1. The fourth-order valence-electron chi connectivity index (χ4n) is 2.38. The highest BCUT2D eigenvalue weighted by Gasteiger charge is 2.37. The topological polar surface area (TPSA) is 90.6 Å². The van der Waals surface area contributed by atoms with Crippen molar-refractivity contribution in [1.29, 1.82) is 5.26 Å². The molecule has 0 fully saturated rings. The Kier molecular flexibility index (Phi) is 3.89. The number of esters is 1. The molecule has 1 N–H and O–H groups in total. The number of nitriles is 1. The third kappa shape index (κ3) is 2.43. The number of amides is 1. The van der Waals surface area contributed by atoms with Crippen molar-refractivity contribution in [3.8, 4) is 6.07 Å². The van der Waals surface area contributed by atoms with E-state index >= 15 is 0 Å². The number of fused-ring (bicyclic) bond motifs is 1. The third-order valence-corrected chi connectivity index (χ3v) is 3.26. The molecule has 1 aromatic carbocycles. The molecule has 0 spiro atoms. The molecule has 0 saturated heterocycles. The third-order valence-electron chi connectivity index (χ3n) is 3.26. The van der Waals surface area contributed by atoms with E-state index < -0.39 is 18.1 Å². The average molecular weight is 274 g/mol. The second-order valence-electron chi connectivity index (χ2n) is 4.41. The van der Waals surface area contributed by atoms with E-state index in [0.29, 0.717) is 17.5 Å². The minimum atomic E-state index is -1.15. The molecule has 1 aliphatic rings. The Morgan fingerprint density at radius 2 is 2.30 bits per heavy atom. The van der Waals surface area contributed by atoms with Gasteiger partial charge in [0.15, 0.2) is 6.04 Å². The zero-order valence-corrected chi connectivity index (χ0v) is 11.0. The summed E-state index contributed by atoms with van der Waals surface area (Å²) in [4.78, 5) is 24.4. The number of carbonyl (C=O) groups is 2. The molecule has 0 aromatic heterocycles. The van der Waals surface area contributed by atoms with Gasteiger partial charge in [0.25, 0.3) is 0 Å². The van der Waals surface area contributed by atoms with E-state index in [1.165, 1.54) is 0 Å². The number of carbonyl (C=O) groups excluding carboxylic acids is 1. The molecule has 0 radical (unpaired) electrons. The molecular formula is C14H14N2O4. The van der Waals surface area contributed by atoms with Gasteiger partial charge in [-0.15, -0.1) is 0 Å². The van der Waals surface area contributed by atoms with E-state index in [0.717, 1.165) is 10.5 Å². The molecule has 0 saturated carbocycles. The fourth-order valence-corrected chi connectivity index (χ4v) is 2.38. The molecule has 1 heterocycles. The second-order valence-corrected chi connectivity index (χ2v) is 4.41. The number of hydrogen-bond acceptors (Lipinski definition) is 4. The predicted octanol–water partition coefficient (Wildman–Crippen LogP) is 1.70. The first-order valence-corrected chi connectivity index (χ1v) is 6.27. The lowest BCUT2D eigenvalue weighted by atomic mass is 9.91. The highest BCUT2D eigenvalue weighted by atomic mass is 16.5. The van der Waals surface area contributed by atoms with Crippen LogP contribution in [0.2, 0.25) is 0 Å². The van der Waals surface area contributed by atoms with Gasteiger partial charge in [-0.25, -0.2) is 9.59 Å². The van der Waals surface area contributed by atoms with Crippen molar-refractivity contribution in [3.63, 3.8) is 0 Å². The average Bonchev–Trinajstić information content (AvgIpc) is 2.45. The molecule has 1 aromatic rings. The molecule has 0 bridgehead atoms. The minimum absolute atomic E-state index is 0.189. The van der Waals surface area contributed by atoms with Crippen molar-refractivity contribution in [2.75, 3.05) is 13.2 Å². The smallest absolute Gasteiger partial charge is 0.408 e. The number of rotatable bonds is 2. The summed E-state index contributed by atoms with van der Waals surface area (Å²) in [6, 6.07) is 5.98. The SMILES string of the molecule is CCOC(=O)C1c2ccc(C#N)cc2CCN1C(=O)O. The van der Waals surface area contributed by atoms with Crippen LogP contribution in [0.25, 0.3) is 0 Å². The zero-order chi connectivity index (χ0) is 14.7. The maximum absolute atomic E-state index is 12.0. The largest absolute Gasteiger partial charge is 0.465 e. The molecule has 104 valence electrons. The van der Waals surface area contributed by atoms with E-state index in [1.807, 2.05) is 6.07 Å². The van der Waals surface area contributed by atoms with Gasteiger partial charge >= 0.3 is 12.1 Å². The van der Waals surface area contributed by atoms with Crippen molar-refractivity contribution >= 4 is 12.1 Å². The summed E-state index contributed by atoms with van der Waals surface area (Å²) in [6.07, 6.45) is -0.675. The summed E-state index contributed by atoms with van der Waals surface area (Å²) < 4.78 is 4.97. The van der Waals surface area contributed by atoms with E-state index in [4.69, 9.17) is 10.00 Å². The van der Waals surface area contributed by atoms with Gasteiger partial charge in [-0.05, 0) is 36.6 Å². The molecule has 0 aliphatic carbocycles. The van der Waals surface area contributed by atoms with Crippen LogP contribution in [-0.2, 0) is 16.0 Å². The molecule has 6 heteroatoms. The van der Waals surface area contributed by atoms with Crippen molar-refractivity contribution in [2.24, 2.45) is 0 Å². The molecule has 2 rings (SSSR count). The highest BCUT2D eigenvalue weighted by molar-refractivity contribution is 5.83. The number of nitrogens with zero attached hydrogens (tertiary/aromatic N) is 2. The van der Waals surface area contributed by atoms with Gasteiger partial charge in [0.2, 0.25) is 0 Å². The molecule has 6 nitrogen and oxygen atoms in total. The predicted molar refractivity (Wildman–Crippen MR) is 69.0 cm³/mol. The molecule has 1 atom stereocenters. The van der Waals surface area contributed by atoms with Gasteiger partial charge in [0.1, 0.15) is 0 Å². The van der Waals surface area contributed by atoms with E-state index in [9.17, 15) is 14.7 Å². The van der Waals surface area contributed by atoms with Crippen LogP contribution in [0.3, 0.4) is 0 Å². The lowest BCUT2D eigenvalue weighted by Crippen LogP contribution is -2.43. The van der Waals surface area contributed by atoms with Gasteiger partial charge < -0.3 is 9.84 Å². The Morgan fingerprint density at radius 1 is 1.55 bits per heavy atom. The maximum atomic E-state index is 12.0. The molecule has 20 heavy (non-hydrogen) atoms. The van der Waals surface area contributed by atoms with Crippen LogP contribution in [0, 0.1) is 11.3 Å². The second kappa shape index (κ2) is 5.61. The first-order valence-electron chi connectivity index (χ1n) is 6.27. The Bertz CT molecular complexity index is 591. The lowest BCUT2D eigenvalue weighted by Gasteiger charge is -2.33. The van der Waals surface area contributed by atoms with Gasteiger partial charge in [0, 0.05) is 6.54 Å². The molecule has 1 aliphatic heterocycles. The highest BCUT2D eigenvalue weighted by Crippen LogP contribution is 2.31. The van der Waals surface area contributed by atoms with Gasteiger partial charge in [0.05, 0.1) is 18.2 Å². The van der Waals surface area contributed by atoms with Gasteiger partial charge in [-0.3, -0.25) is 4.90 Å². The van der Waals surface area contributed by atoms with Crippen LogP contribution in [0.1, 0.15) is 29.7 Å². The summed E-state index contributed by atoms with van der Waals surface area (Å²) in [5.41, 5.74) is 1.91. The number of benzene rings is 1. The summed E-state index contributed by atoms with van der Waals surface area (Å²) in [5.74, 6) is -0.583. The Hall–Kier alpha value is -2.55. The number of hydrogen-bond donors (Lipinski definition) is 1. The molecule has 1 amide bonds. The Balaban J connectivity index is 2.46. The maximum Gasteiger partial charge on any atom is 0.408 e. The summed E-state index contributed by atoms with van der Waals surface area (Å²) in [6.45, 7) is 2.07. The summed E-state index contributed by atoms with van der Waals surface area (Å²) in [7, 11) is 0. The summed E-state index contributed by atoms with van der Waals surface area (Å²) >= 11 is 0. The van der Waals surface area contributed by atoms with Crippen molar-refractivity contribution in [1.82, 2.24) is 4.90 Å². The zero-order valence-electron chi connectivity index (χ0n) is 11.0. The monoisotopic (exact) mass is 274 g/mol. The lowest BCUT2D eigenvalue weighted by molar-refractivity contribution is -0.149. The Morgan fingerprint density at radius 3 is 2.90 bits per heavy atom. The van der Waals surface area contributed by atoms with E-state index in [-0.39, 0.29) is 13.2 Å². The fraction of sp³-hybridized carbons (Fsp3) is 0.357. The van der Waals surface area contributed by atoms with Crippen LogP contribution >= 0.6 is 0 Å². The quantitative estimate of drug-likeness (QED) is 0.829. The van der Waals surface area contributed by atoms with Crippen LogP contribution in [0.15, 0.2) is 18.2 Å². The van der Waals surface area contributed by atoms with Crippen LogP contribution in [-0.4, -0.2) is 35.2 Å². The van der Waals surface area contributed by atoms with Gasteiger partial charge in [-0.2, -0.15) is 5.26 Å². The first-order chi connectivity index (χ1) is 9.58. The van der Waals surface area contributed by atoms with Crippen molar-refractivity contribution < 1.29 is 19.4 Å². The number of carboxylic acid groups (broad SMARTS) is 1. The van der Waals surface area contributed by atoms with Crippen molar-refractivity contribution in [3.05, 3.63) is 34.9 Å². The van der Waals surface area contributed by atoms with Crippen LogP contribution < -0.4 is 0 Å². The Labute approximate surface area is 116 Å². The first kappa shape index (κ1) is 13.9. The van der Waals surface area contributed by atoms with Crippen molar-refractivity contribution in [2.45, 2.75) is 19.4 Å². The standard InChI is InChI=1S/C14H14N2O4/c1-2-20-13(17)12-11-4-3-9(8-15)7-10(11)5-6-16(12)14(18)19/h3-4,7,12H,2,5-6H2,1H3,(H,18,19). The minimum Gasteiger partial charge on any atom is -0.465 e. The number of ether oxygens (including phenoxy) is 1. The van der Waals surface area contributed by atoms with E-state index in [2.05, 4.69) is 0 Å². The van der Waals surface area contributed by atoms with E-state index in [1.54, 1.807) is 25.1 Å².